The molecule has 17 heavy (non-hydrogen) atoms. The Morgan fingerprint density at radius 3 is 1.88 bits per heavy atom. The highest BCUT2D eigenvalue weighted by Crippen LogP contribution is 2.12. The van der Waals surface area contributed by atoms with Gasteiger partial charge in [0.25, 0.3) is 0 Å². The van der Waals surface area contributed by atoms with Crippen molar-refractivity contribution in [1.82, 2.24) is 4.68 Å². The molecule has 0 aliphatic rings. The summed E-state index contributed by atoms with van der Waals surface area (Å²) in [5.41, 5.74) is 3.59. The first-order chi connectivity index (χ1) is 8.36. The second kappa shape index (κ2) is 9.15. The zero-order valence-electron chi connectivity index (χ0n) is 11.5. The van der Waals surface area contributed by atoms with Crippen LogP contribution in [0.5, 0.6) is 0 Å². The van der Waals surface area contributed by atoms with Gasteiger partial charge in [-0.25, -0.2) is 0 Å². The second-order valence-electron chi connectivity index (χ2n) is 4.91. The molecule has 0 aliphatic carbocycles. The SMILES string of the molecule is CCCCCC(CCCCC)Nn1cccc1. The Hall–Kier alpha value is -0.920. The number of hydrogen-bond donors (Lipinski definition) is 1. The number of hydrogen-bond acceptors (Lipinski definition) is 1. The van der Waals surface area contributed by atoms with E-state index in [-0.39, 0.29) is 0 Å². The number of nitrogens with one attached hydrogen (secondary N) is 1. The van der Waals surface area contributed by atoms with Crippen LogP contribution in [-0.2, 0) is 0 Å². The monoisotopic (exact) mass is 236 g/mol. The lowest BCUT2D eigenvalue weighted by molar-refractivity contribution is 0.495. The van der Waals surface area contributed by atoms with Crippen LogP contribution in [0.25, 0.3) is 0 Å². The fourth-order valence-corrected chi connectivity index (χ4v) is 2.19. The molecule has 0 aliphatic heterocycles. The molecule has 0 saturated heterocycles. The Morgan fingerprint density at radius 2 is 1.41 bits per heavy atom. The zero-order valence-corrected chi connectivity index (χ0v) is 11.5. The lowest BCUT2D eigenvalue weighted by atomic mass is 10.0. The minimum Gasteiger partial charge on any atom is -0.323 e. The summed E-state index contributed by atoms with van der Waals surface area (Å²) >= 11 is 0. The van der Waals surface area contributed by atoms with Gasteiger partial charge in [0.2, 0.25) is 0 Å². The van der Waals surface area contributed by atoms with Crippen LogP contribution >= 0.6 is 0 Å². The van der Waals surface area contributed by atoms with Gasteiger partial charge in [0, 0.05) is 18.4 Å². The van der Waals surface area contributed by atoms with E-state index in [0.717, 1.165) is 0 Å². The molecule has 0 spiro atoms. The summed E-state index contributed by atoms with van der Waals surface area (Å²) in [4.78, 5) is 0. The van der Waals surface area contributed by atoms with Gasteiger partial charge in [0.05, 0.1) is 0 Å². The molecule has 0 amide bonds. The molecular weight excluding hydrogens is 208 g/mol. The third-order valence-corrected chi connectivity index (χ3v) is 3.25. The minimum atomic E-state index is 0.639. The van der Waals surface area contributed by atoms with Crippen molar-refractivity contribution in [2.75, 3.05) is 5.43 Å². The molecule has 0 aromatic carbocycles. The lowest BCUT2D eigenvalue weighted by Gasteiger charge is -2.20. The fourth-order valence-electron chi connectivity index (χ4n) is 2.19. The topological polar surface area (TPSA) is 17.0 Å². The summed E-state index contributed by atoms with van der Waals surface area (Å²) < 4.78 is 2.10. The van der Waals surface area contributed by atoms with Crippen molar-refractivity contribution in [2.24, 2.45) is 0 Å². The zero-order chi connectivity index (χ0) is 12.3. The molecule has 1 rings (SSSR count). The molecule has 2 heteroatoms. The average Bonchev–Trinajstić information content (AvgIpc) is 2.82. The van der Waals surface area contributed by atoms with Crippen LogP contribution in [0, 0.1) is 0 Å². The molecule has 98 valence electrons. The maximum absolute atomic E-state index is 3.59. The minimum absolute atomic E-state index is 0.639. The Kier molecular flexibility index (Phi) is 7.61. The number of aromatic nitrogens is 1. The van der Waals surface area contributed by atoms with Gasteiger partial charge in [-0.3, -0.25) is 4.68 Å². The van der Waals surface area contributed by atoms with Crippen LogP contribution in [-0.4, -0.2) is 10.7 Å². The summed E-state index contributed by atoms with van der Waals surface area (Å²) in [5, 5.41) is 0. The van der Waals surface area contributed by atoms with Gasteiger partial charge in [0.1, 0.15) is 0 Å². The summed E-state index contributed by atoms with van der Waals surface area (Å²) in [7, 11) is 0. The van der Waals surface area contributed by atoms with E-state index in [1.54, 1.807) is 0 Å². The van der Waals surface area contributed by atoms with E-state index >= 15 is 0 Å². The van der Waals surface area contributed by atoms with Crippen molar-refractivity contribution in [3.63, 3.8) is 0 Å². The molecule has 0 radical (unpaired) electrons. The van der Waals surface area contributed by atoms with E-state index < -0.39 is 0 Å². The summed E-state index contributed by atoms with van der Waals surface area (Å²) in [6.07, 6.45) is 14.8. The number of nitrogens with zero attached hydrogens (tertiary/aromatic N) is 1. The molecule has 2 nitrogen and oxygen atoms in total. The van der Waals surface area contributed by atoms with Gasteiger partial charge in [-0.1, -0.05) is 52.4 Å². The highest BCUT2D eigenvalue weighted by Gasteiger charge is 2.07. The molecule has 0 saturated carbocycles. The van der Waals surface area contributed by atoms with E-state index in [2.05, 4.69) is 48.5 Å². The van der Waals surface area contributed by atoms with E-state index in [1.807, 2.05) is 0 Å². The predicted molar refractivity (Wildman–Crippen MR) is 75.9 cm³/mol. The molecule has 1 heterocycles. The van der Waals surface area contributed by atoms with Crippen molar-refractivity contribution in [2.45, 2.75) is 71.3 Å². The first-order valence-corrected chi connectivity index (χ1v) is 7.26. The summed E-state index contributed by atoms with van der Waals surface area (Å²) in [6, 6.07) is 4.78. The Bertz CT molecular complexity index is 244. The van der Waals surface area contributed by atoms with Crippen molar-refractivity contribution in [3.05, 3.63) is 24.5 Å². The van der Waals surface area contributed by atoms with Crippen LogP contribution in [0.15, 0.2) is 24.5 Å². The van der Waals surface area contributed by atoms with E-state index in [4.69, 9.17) is 0 Å². The molecule has 0 fully saturated rings. The largest absolute Gasteiger partial charge is 0.323 e. The maximum atomic E-state index is 3.59. The average molecular weight is 236 g/mol. The van der Waals surface area contributed by atoms with Gasteiger partial charge in [-0.15, -0.1) is 0 Å². The van der Waals surface area contributed by atoms with Gasteiger partial charge in [-0.2, -0.15) is 0 Å². The summed E-state index contributed by atoms with van der Waals surface area (Å²) in [5.74, 6) is 0. The second-order valence-corrected chi connectivity index (χ2v) is 4.91. The van der Waals surface area contributed by atoms with Gasteiger partial charge < -0.3 is 5.43 Å². The molecule has 1 aromatic heterocycles. The van der Waals surface area contributed by atoms with Gasteiger partial charge in [0.15, 0.2) is 0 Å². The van der Waals surface area contributed by atoms with E-state index in [1.165, 1.54) is 51.4 Å². The van der Waals surface area contributed by atoms with Gasteiger partial charge in [-0.05, 0) is 25.0 Å². The molecule has 1 aromatic rings. The van der Waals surface area contributed by atoms with Crippen molar-refractivity contribution in [3.8, 4) is 0 Å². The van der Waals surface area contributed by atoms with Crippen LogP contribution in [0.4, 0.5) is 0 Å². The Labute approximate surface area is 106 Å². The Morgan fingerprint density at radius 1 is 0.882 bits per heavy atom. The highest BCUT2D eigenvalue weighted by atomic mass is 15.4. The quantitative estimate of drug-likeness (QED) is 0.589. The molecule has 0 bridgehead atoms. The van der Waals surface area contributed by atoms with Crippen LogP contribution < -0.4 is 5.43 Å². The molecule has 0 unspecified atom stereocenters. The summed E-state index contributed by atoms with van der Waals surface area (Å²) in [6.45, 7) is 4.54. The van der Waals surface area contributed by atoms with Crippen LogP contribution in [0.3, 0.4) is 0 Å². The number of unbranched alkanes of at least 4 members (excludes halogenated alkanes) is 4. The van der Waals surface area contributed by atoms with E-state index in [9.17, 15) is 0 Å². The maximum Gasteiger partial charge on any atom is 0.0424 e. The molecular formula is C15H28N2. The third-order valence-electron chi connectivity index (χ3n) is 3.25. The fraction of sp³-hybridized carbons (Fsp3) is 0.733. The first-order valence-electron chi connectivity index (χ1n) is 7.26. The standard InChI is InChI=1S/C15H28N2/c1-3-5-7-11-15(12-8-6-4-2)16-17-13-9-10-14-17/h9-10,13-16H,3-8,11-12H2,1-2H3. The first kappa shape index (κ1) is 14.1. The van der Waals surface area contributed by atoms with Gasteiger partial charge >= 0.3 is 0 Å². The Balaban J connectivity index is 2.29. The van der Waals surface area contributed by atoms with Crippen molar-refractivity contribution >= 4 is 0 Å². The van der Waals surface area contributed by atoms with E-state index in [0.29, 0.717) is 6.04 Å². The molecule has 1 N–H and O–H groups in total. The van der Waals surface area contributed by atoms with Crippen molar-refractivity contribution < 1.29 is 0 Å². The van der Waals surface area contributed by atoms with Crippen LogP contribution in [0.1, 0.15) is 65.2 Å². The predicted octanol–water partition coefficient (Wildman–Crippen LogP) is 4.56. The number of rotatable bonds is 10. The smallest absolute Gasteiger partial charge is 0.0424 e. The molecule has 0 atom stereocenters. The highest BCUT2D eigenvalue weighted by molar-refractivity contribution is 4.95. The van der Waals surface area contributed by atoms with Crippen LogP contribution in [0.2, 0.25) is 0 Å². The normalized spacial score (nSPS) is 11.0. The van der Waals surface area contributed by atoms with Crippen molar-refractivity contribution in [1.29, 1.82) is 0 Å². The lowest BCUT2D eigenvalue weighted by Crippen LogP contribution is -2.27. The third kappa shape index (κ3) is 6.40.